The Labute approximate surface area is 294 Å². The fourth-order valence-corrected chi connectivity index (χ4v) is 6.96. The summed E-state index contributed by atoms with van der Waals surface area (Å²) >= 11 is 0. The molecule has 3 aromatic carbocycles. The second-order valence-corrected chi connectivity index (χ2v) is 13.4. The van der Waals surface area contributed by atoms with Gasteiger partial charge in [0, 0.05) is 56.0 Å². The molecular formula is C37H38F8N4O3. The summed E-state index contributed by atoms with van der Waals surface area (Å²) < 4.78 is 102. The smallest absolute Gasteiger partial charge is 0.403 e. The van der Waals surface area contributed by atoms with E-state index in [-0.39, 0.29) is 19.3 Å². The molecule has 0 saturated carbocycles. The first-order valence-electron chi connectivity index (χ1n) is 16.7. The van der Waals surface area contributed by atoms with E-state index < -0.39 is 68.0 Å². The molecular weight excluding hydrogens is 700 g/mol. The van der Waals surface area contributed by atoms with Crippen LogP contribution in [0.1, 0.15) is 43.2 Å². The van der Waals surface area contributed by atoms with Crippen molar-refractivity contribution in [1.29, 1.82) is 0 Å². The van der Waals surface area contributed by atoms with Crippen molar-refractivity contribution in [3.8, 4) is 11.3 Å². The fourth-order valence-electron chi connectivity index (χ4n) is 6.96. The monoisotopic (exact) mass is 738 g/mol. The third-order valence-electron chi connectivity index (χ3n) is 9.88. The number of benzene rings is 3. The van der Waals surface area contributed by atoms with Crippen molar-refractivity contribution in [2.75, 3.05) is 32.7 Å². The predicted octanol–water partition coefficient (Wildman–Crippen LogP) is 7.98. The minimum atomic E-state index is -4.83. The maximum absolute atomic E-state index is 13.6. The number of carbonyl (C=O) groups is 2. The molecule has 1 amide bonds. The van der Waals surface area contributed by atoms with E-state index in [1.165, 1.54) is 0 Å². The lowest BCUT2D eigenvalue weighted by molar-refractivity contribution is -0.234. The third kappa shape index (κ3) is 8.98. The van der Waals surface area contributed by atoms with E-state index in [0.29, 0.717) is 26.1 Å². The van der Waals surface area contributed by atoms with Crippen LogP contribution in [0.25, 0.3) is 32.8 Å². The van der Waals surface area contributed by atoms with Crippen molar-refractivity contribution in [2.24, 2.45) is 11.1 Å². The molecule has 4 aromatic rings. The average molecular weight is 739 g/mol. The molecule has 280 valence electrons. The van der Waals surface area contributed by atoms with Crippen LogP contribution < -0.4 is 5.73 Å². The zero-order chi connectivity index (χ0) is 37.9. The van der Waals surface area contributed by atoms with Crippen molar-refractivity contribution in [3.63, 3.8) is 0 Å². The Kier molecular flexibility index (Phi) is 11.4. The van der Waals surface area contributed by atoms with Gasteiger partial charge in [-0.15, -0.1) is 0 Å². The summed E-state index contributed by atoms with van der Waals surface area (Å²) in [7, 11) is 0. The van der Waals surface area contributed by atoms with Crippen molar-refractivity contribution in [2.45, 2.75) is 63.3 Å². The van der Waals surface area contributed by atoms with Gasteiger partial charge in [-0.2, -0.15) is 26.3 Å². The first-order valence-corrected chi connectivity index (χ1v) is 16.7. The van der Waals surface area contributed by atoms with Gasteiger partial charge in [-0.3, -0.25) is 24.4 Å². The Morgan fingerprint density at radius 2 is 1.31 bits per heavy atom. The molecule has 0 unspecified atom stereocenters. The van der Waals surface area contributed by atoms with Crippen LogP contribution in [0, 0.1) is 5.41 Å². The largest absolute Gasteiger partial charge is 0.481 e. The summed E-state index contributed by atoms with van der Waals surface area (Å²) in [6, 6.07) is 20.2. The van der Waals surface area contributed by atoms with Crippen LogP contribution in [0.15, 0.2) is 66.9 Å². The van der Waals surface area contributed by atoms with Crippen molar-refractivity contribution in [3.05, 3.63) is 78.0 Å². The highest BCUT2D eigenvalue weighted by atomic mass is 19.4. The number of hydrogen-bond donors (Lipinski definition) is 2. The maximum Gasteiger partial charge on any atom is 0.403 e. The number of fused-ring (bicyclic) bond motifs is 2. The first kappa shape index (κ1) is 38.9. The molecule has 3 heterocycles. The van der Waals surface area contributed by atoms with Gasteiger partial charge in [-0.25, -0.2) is 8.78 Å². The summed E-state index contributed by atoms with van der Waals surface area (Å²) in [5, 5.41) is 13.3. The summed E-state index contributed by atoms with van der Waals surface area (Å²) in [6.45, 7) is -0.775. The van der Waals surface area contributed by atoms with Gasteiger partial charge in [0.25, 0.3) is 5.92 Å². The lowest BCUT2D eigenvalue weighted by atomic mass is 9.77. The number of aliphatic carboxylic acids is 1. The number of halogens is 8. The number of carbonyl (C=O) groups excluding carboxylic acids is 1. The van der Waals surface area contributed by atoms with Crippen molar-refractivity contribution < 1.29 is 49.8 Å². The second kappa shape index (κ2) is 15.3. The third-order valence-corrected chi connectivity index (χ3v) is 9.88. The molecule has 0 radical (unpaired) electrons. The molecule has 2 aliphatic rings. The number of piperidine rings is 2. The Hall–Kier alpha value is -4.37. The number of nitrogens with zero attached hydrogens (tertiary/aromatic N) is 3. The molecule has 0 aliphatic carbocycles. The molecule has 15 heteroatoms. The van der Waals surface area contributed by atoms with Crippen molar-refractivity contribution in [1.82, 2.24) is 14.8 Å². The Balaban J connectivity index is 0.000000246. The number of amides is 1. The minimum Gasteiger partial charge on any atom is -0.481 e. The van der Waals surface area contributed by atoms with E-state index >= 15 is 0 Å². The van der Waals surface area contributed by atoms with Gasteiger partial charge >= 0.3 is 18.3 Å². The van der Waals surface area contributed by atoms with Gasteiger partial charge < -0.3 is 10.8 Å². The highest BCUT2D eigenvalue weighted by molar-refractivity contribution is 6.05. The molecule has 0 spiro atoms. The molecule has 1 aromatic heterocycles. The molecule has 0 atom stereocenters. The van der Waals surface area contributed by atoms with E-state index in [1.54, 1.807) is 6.20 Å². The number of pyridine rings is 1. The molecule has 7 nitrogen and oxygen atoms in total. The Morgan fingerprint density at radius 1 is 0.750 bits per heavy atom. The number of nitrogens with two attached hydrogens (primary N) is 1. The number of alkyl halides is 8. The van der Waals surface area contributed by atoms with E-state index in [2.05, 4.69) is 17.0 Å². The topological polar surface area (TPSA) is 99.8 Å². The number of primary amides is 1. The summed E-state index contributed by atoms with van der Waals surface area (Å²) in [5.41, 5.74) is 6.03. The molecule has 0 bridgehead atoms. The summed E-state index contributed by atoms with van der Waals surface area (Å²) in [6.07, 6.45) is -8.59. The van der Waals surface area contributed by atoms with E-state index in [9.17, 15) is 44.7 Å². The maximum atomic E-state index is 13.6. The van der Waals surface area contributed by atoms with E-state index in [0.717, 1.165) is 48.8 Å². The number of carboxylic acids is 1. The van der Waals surface area contributed by atoms with Gasteiger partial charge in [-0.05, 0) is 65.7 Å². The van der Waals surface area contributed by atoms with Crippen LogP contribution in [-0.2, 0) is 22.6 Å². The van der Waals surface area contributed by atoms with Crippen LogP contribution >= 0.6 is 0 Å². The van der Waals surface area contributed by atoms with Crippen molar-refractivity contribution >= 4 is 33.4 Å². The highest BCUT2D eigenvalue weighted by Gasteiger charge is 2.60. The van der Waals surface area contributed by atoms with Crippen LogP contribution in [-0.4, -0.2) is 82.8 Å². The zero-order valence-electron chi connectivity index (χ0n) is 28.0. The number of carboxylic acid groups (broad SMARTS) is 1. The van der Waals surface area contributed by atoms with Crippen LogP contribution in [0.4, 0.5) is 35.1 Å². The second-order valence-electron chi connectivity index (χ2n) is 13.4. The van der Waals surface area contributed by atoms with Gasteiger partial charge in [-0.1, -0.05) is 54.6 Å². The Morgan fingerprint density at radius 3 is 1.90 bits per heavy atom. The molecule has 2 aliphatic heterocycles. The van der Waals surface area contributed by atoms with Crippen LogP contribution in [0.5, 0.6) is 0 Å². The lowest BCUT2D eigenvalue weighted by Crippen LogP contribution is -2.56. The van der Waals surface area contributed by atoms with E-state index in [1.807, 2.05) is 48.5 Å². The van der Waals surface area contributed by atoms with Gasteiger partial charge in [0.1, 0.15) is 5.41 Å². The lowest BCUT2D eigenvalue weighted by Gasteiger charge is -2.40. The average Bonchev–Trinajstić information content (AvgIpc) is 3.07. The van der Waals surface area contributed by atoms with Crippen LogP contribution in [0.2, 0.25) is 0 Å². The Bertz CT molecular complexity index is 1900. The number of likely N-dealkylation sites (tertiary alicyclic amines) is 2. The van der Waals surface area contributed by atoms with Gasteiger partial charge in [0.05, 0.1) is 12.2 Å². The summed E-state index contributed by atoms with van der Waals surface area (Å²) in [4.78, 5) is 29.7. The molecule has 52 heavy (non-hydrogen) atoms. The van der Waals surface area contributed by atoms with E-state index in [4.69, 9.17) is 15.8 Å². The SMILES string of the molecule is NC(=O)C1(C(F)(F)F)CCN(CC(F)(F)F)CC1.O=C(O)CCc1cccc2c(-c3nccc4c(CN5CCC(F)(F)CC5)cccc34)cccc12. The normalized spacial score (nSPS) is 18.2. The number of aryl methyl sites for hydroxylation is 1. The fraction of sp³-hybridized carbons (Fsp3) is 0.432. The standard InChI is InChI=1S/C28H26F2N2O2.C9H12F6N2O/c29-28(30)13-16-32(17-14-28)18-20-5-2-8-24-22(20)12-15-31-27(24)25-9-3-6-21-19(10-11-26(33)34)4-1-7-23(21)25;10-8(11,12)5-17-3-1-7(2-4-17,6(16)18)9(13,14)15/h1-9,12,15H,10-11,13-14,16-18H2,(H,33,34);1-5H2,(H2,16,18). The molecule has 6 rings (SSSR count). The minimum absolute atomic E-state index is 0.0850. The number of aromatic nitrogens is 1. The quantitative estimate of drug-likeness (QED) is 0.178. The van der Waals surface area contributed by atoms with Gasteiger partial charge in [0.15, 0.2) is 0 Å². The predicted molar refractivity (Wildman–Crippen MR) is 180 cm³/mol. The summed E-state index contributed by atoms with van der Waals surface area (Å²) in [5.74, 6) is -4.89. The molecule has 3 N–H and O–H groups in total. The number of hydrogen-bond acceptors (Lipinski definition) is 5. The van der Waals surface area contributed by atoms with Gasteiger partial charge in [0.2, 0.25) is 5.91 Å². The molecule has 2 fully saturated rings. The first-order chi connectivity index (χ1) is 24.4. The van der Waals surface area contributed by atoms with Crippen LogP contribution in [0.3, 0.4) is 0 Å². The highest BCUT2D eigenvalue weighted by Crippen LogP contribution is 2.46. The zero-order valence-corrected chi connectivity index (χ0v) is 28.0. The number of rotatable bonds is 8. The molecule has 2 saturated heterocycles.